The molecule has 0 aromatic heterocycles. The molecule has 0 bridgehead atoms. The second-order valence-electron chi connectivity index (χ2n) is 8.18. The van der Waals surface area contributed by atoms with E-state index >= 15 is 0 Å². The molecule has 0 saturated carbocycles. The predicted octanol–water partition coefficient (Wildman–Crippen LogP) is 6.51. The Morgan fingerprint density at radius 2 is 1.53 bits per heavy atom. The Kier molecular flexibility index (Phi) is 7.60. The van der Waals surface area contributed by atoms with Crippen molar-refractivity contribution in [2.75, 3.05) is 19.1 Å². The predicted molar refractivity (Wildman–Crippen MR) is 150 cm³/mol. The summed E-state index contributed by atoms with van der Waals surface area (Å²) >= 11 is 20.6. The van der Waals surface area contributed by atoms with E-state index in [1.54, 1.807) is 17.0 Å². The van der Waals surface area contributed by atoms with Crippen molar-refractivity contribution in [1.29, 1.82) is 0 Å². The van der Waals surface area contributed by atoms with Crippen molar-refractivity contribution in [3.63, 3.8) is 0 Å². The van der Waals surface area contributed by atoms with Crippen molar-refractivity contribution in [3.8, 4) is 0 Å². The van der Waals surface area contributed by atoms with Gasteiger partial charge in [-0.25, -0.2) is 9.59 Å². The molecule has 0 spiro atoms. The van der Waals surface area contributed by atoms with Gasteiger partial charge in [-0.15, -0.1) is 0 Å². The van der Waals surface area contributed by atoms with Gasteiger partial charge in [0, 0.05) is 16.2 Å². The highest BCUT2D eigenvalue weighted by molar-refractivity contribution is 8.29. The van der Waals surface area contributed by atoms with Crippen molar-refractivity contribution in [2.24, 2.45) is 0 Å². The van der Waals surface area contributed by atoms with Crippen LogP contribution in [-0.4, -0.2) is 42.5 Å². The first kappa shape index (κ1) is 26.8. The molecule has 0 fully saturated rings. The molecular formula is C25H19Cl2NO5S3. The number of hydrogen-bond acceptors (Lipinski definition) is 8. The average molecular weight is 581 g/mol. The van der Waals surface area contributed by atoms with E-state index in [-0.39, 0.29) is 26.3 Å². The number of halogens is 2. The van der Waals surface area contributed by atoms with E-state index in [9.17, 15) is 14.4 Å². The Labute approximate surface area is 232 Å². The number of amides is 1. The van der Waals surface area contributed by atoms with Gasteiger partial charge in [0.15, 0.2) is 0 Å². The number of anilines is 1. The average Bonchev–Trinajstić information content (AvgIpc) is 3.28. The maximum atomic E-state index is 13.8. The molecule has 0 aliphatic carbocycles. The largest absolute Gasteiger partial charge is 0.465 e. The lowest BCUT2D eigenvalue weighted by Gasteiger charge is -2.45. The van der Waals surface area contributed by atoms with Crippen LogP contribution in [0, 0.1) is 0 Å². The molecule has 0 unspecified atom stereocenters. The first-order chi connectivity index (χ1) is 17.0. The van der Waals surface area contributed by atoms with E-state index in [1.807, 2.05) is 38.1 Å². The zero-order valence-electron chi connectivity index (χ0n) is 19.5. The van der Waals surface area contributed by atoms with Crippen molar-refractivity contribution in [3.05, 3.63) is 77.7 Å². The van der Waals surface area contributed by atoms with Crippen LogP contribution in [-0.2, 0) is 19.1 Å². The number of nitrogens with zero attached hydrogens (tertiary/aromatic N) is 1. The van der Waals surface area contributed by atoms with Crippen molar-refractivity contribution >= 4 is 92.9 Å². The first-order valence-electron chi connectivity index (χ1n) is 10.5. The third-order valence-corrected chi connectivity index (χ3v) is 9.47. The third-order valence-electron chi connectivity index (χ3n) is 5.66. The number of methoxy groups -OCH3 is 2. The number of ether oxygens (including phenoxy) is 2. The number of thioether (sulfide) groups is 2. The fraction of sp³-hybridized carbons (Fsp3) is 0.200. The second kappa shape index (κ2) is 10.2. The molecule has 0 N–H and O–H groups in total. The van der Waals surface area contributed by atoms with E-state index < -0.39 is 17.5 Å². The number of thiocarbonyl (C=S) groups is 1. The number of fused-ring (bicyclic) bond motifs is 1. The number of carbonyl (C=O) groups is 3. The number of carbonyl (C=O) groups excluding carboxylic acids is 3. The molecule has 11 heteroatoms. The summed E-state index contributed by atoms with van der Waals surface area (Å²) in [7, 11) is 2.49. The zero-order chi connectivity index (χ0) is 26.4. The van der Waals surface area contributed by atoms with Gasteiger partial charge in [-0.05, 0) is 38.1 Å². The molecular weight excluding hydrogens is 561 g/mol. The highest BCUT2D eigenvalue weighted by Crippen LogP contribution is 2.56. The lowest BCUT2D eigenvalue weighted by atomic mass is 9.83. The molecule has 0 atom stereocenters. The number of hydrogen-bond donors (Lipinski definition) is 0. The van der Waals surface area contributed by atoms with Crippen LogP contribution in [0.1, 0.15) is 29.8 Å². The van der Waals surface area contributed by atoms with Gasteiger partial charge >= 0.3 is 11.9 Å². The molecule has 2 aliphatic heterocycles. The normalized spacial score (nSPS) is 16.7. The van der Waals surface area contributed by atoms with Gasteiger partial charge < -0.3 is 9.47 Å². The highest BCUT2D eigenvalue weighted by atomic mass is 35.5. The van der Waals surface area contributed by atoms with E-state index in [1.165, 1.54) is 20.3 Å². The smallest absolute Gasteiger partial charge is 0.346 e. The van der Waals surface area contributed by atoms with Crippen LogP contribution in [0.25, 0.3) is 5.57 Å². The maximum Gasteiger partial charge on any atom is 0.346 e. The summed E-state index contributed by atoms with van der Waals surface area (Å²) in [4.78, 5) is 41.0. The van der Waals surface area contributed by atoms with Gasteiger partial charge in [-0.1, -0.05) is 77.1 Å². The maximum absolute atomic E-state index is 13.8. The molecule has 0 saturated heterocycles. The fourth-order valence-electron chi connectivity index (χ4n) is 3.92. The Hall–Kier alpha value is -2.30. The second-order valence-corrected chi connectivity index (χ2v) is 11.7. The van der Waals surface area contributed by atoms with Crippen LogP contribution in [0.4, 0.5) is 5.69 Å². The SMILES string of the molecule is COC(=O)C1=C(C(=O)OC)SC(=C2C(=S)C(C)(C)N(C(=O)c3ccc(Cl)cc3Cl)c3ccccc32)S1. The van der Waals surface area contributed by atoms with E-state index in [0.717, 1.165) is 23.5 Å². The van der Waals surface area contributed by atoms with Gasteiger partial charge in [0.05, 0.1) is 45.1 Å². The minimum absolute atomic E-state index is 0.126. The van der Waals surface area contributed by atoms with Gasteiger partial charge in [0.2, 0.25) is 0 Å². The molecule has 1 amide bonds. The van der Waals surface area contributed by atoms with Crippen LogP contribution >= 0.6 is 58.9 Å². The van der Waals surface area contributed by atoms with Gasteiger partial charge in [0.1, 0.15) is 9.81 Å². The Balaban J connectivity index is 1.89. The highest BCUT2D eigenvalue weighted by Gasteiger charge is 2.46. The van der Waals surface area contributed by atoms with Gasteiger partial charge in [0.25, 0.3) is 5.91 Å². The van der Waals surface area contributed by atoms with Crippen LogP contribution < -0.4 is 4.90 Å². The summed E-state index contributed by atoms with van der Waals surface area (Å²) < 4.78 is 10.4. The summed E-state index contributed by atoms with van der Waals surface area (Å²) in [6, 6.07) is 12.0. The zero-order valence-corrected chi connectivity index (χ0v) is 23.5. The molecule has 186 valence electrons. The Morgan fingerprint density at radius 1 is 0.944 bits per heavy atom. The lowest BCUT2D eigenvalue weighted by Crippen LogP contribution is -2.56. The standard InChI is InChI=1S/C25H19Cl2NO5S3/c1-25(2)20(34)17(24-35-18(22(30)32-3)19(36-24)23(31)33-4)14-7-5-6-8-16(14)28(25)21(29)13-10-9-12(26)11-15(13)27/h5-11H,1-4H3. The minimum atomic E-state index is -0.966. The Morgan fingerprint density at radius 3 is 2.08 bits per heavy atom. The topological polar surface area (TPSA) is 72.9 Å². The molecule has 2 aliphatic rings. The number of para-hydroxylation sites is 1. The van der Waals surface area contributed by atoms with Crippen LogP contribution in [0.5, 0.6) is 0 Å². The summed E-state index contributed by atoms with van der Waals surface area (Å²) in [5.74, 6) is -1.63. The van der Waals surface area contributed by atoms with Crippen molar-refractivity contribution in [2.45, 2.75) is 19.4 Å². The lowest BCUT2D eigenvalue weighted by molar-refractivity contribution is -0.138. The molecule has 4 rings (SSSR count). The fourth-order valence-corrected chi connectivity index (χ4v) is 7.44. The summed E-state index contributed by atoms with van der Waals surface area (Å²) in [6.45, 7) is 3.68. The minimum Gasteiger partial charge on any atom is -0.465 e. The van der Waals surface area contributed by atoms with Crippen LogP contribution in [0.3, 0.4) is 0 Å². The van der Waals surface area contributed by atoms with E-state index in [0.29, 0.717) is 30.9 Å². The Bertz CT molecular complexity index is 1370. The number of rotatable bonds is 3. The first-order valence-corrected chi connectivity index (χ1v) is 13.3. The molecule has 36 heavy (non-hydrogen) atoms. The van der Waals surface area contributed by atoms with Crippen molar-refractivity contribution in [1.82, 2.24) is 0 Å². The molecule has 2 aromatic carbocycles. The summed E-state index contributed by atoms with van der Waals surface area (Å²) in [6.07, 6.45) is 0. The summed E-state index contributed by atoms with van der Waals surface area (Å²) in [5, 5.41) is 0.649. The van der Waals surface area contributed by atoms with Crippen LogP contribution in [0.15, 0.2) is 56.5 Å². The van der Waals surface area contributed by atoms with Crippen molar-refractivity contribution < 1.29 is 23.9 Å². The summed E-state index contributed by atoms with van der Waals surface area (Å²) in [5.41, 5.74) is 1.28. The number of benzene rings is 2. The van der Waals surface area contributed by atoms with Gasteiger partial charge in [-0.3, -0.25) is 9.69 Å². The molecule has 2 aromatic rings. The van der Waals surface area contributed by atoms with Crippen LogP contribution in [0.2, 0.25) is 10.0 Å². The molecule has 6 nitrogen and oxygen atoms in total. The van der Waals surface area contributed by atoms with E-state index in [4.69, 9.17) is 44.9 Å². The molecule has 2 heterocycles. The quantitative estimate of drug-likeness (QED) is 0.231. The van der Waals surface area contributed by atoms with Gasteiger partial charge in [-0.2, -0.15) is 0 Å². The molecule has 0 radical (unpaired) electrons. The third kappa shape index (κ3) is 4.48. The van der Waals surface area contributed by atoms with E-state index in [2.05, 4.69) is 0 Å². The monoisotopic (exact) mass is 579 g/mol. The number of esters is 2.